The van der Waals surface area contributed by atoms with Crippen LogP contribution in [0.25, 0.3) is 0 Å². The van der Waals surface area contributed by atoms with Crippen LogP contribution < -0.4 is 5.32 Å². The van der Waals surface area contributed by atoms with Crippen molar-refractivity contribution in [1.29, 1.82) is 0 Å². The lowest BCUT2D eigenvalue weighted by molar-refractivity contribution is -0.117. The van der Waals surface area contributed by atoms with Crippen molar-refractivity contribution in [2.75, 3.05) is 13.1 Å². The van der Waals surface area contributed by atoms with Gasteiger partial charge in [0, 0.05) is 31.8 Å². The molecule has 3 heteroatoms. The maximum atomic E-state index is 12.4. The summed E-state index contributed by atoms with van der Waals surface area (Å²) in [7, 11) is 0. The summed E-state index contributed by atoms with van der Waals surface area (Å²) in [5.41, 5.74) is 4.70. The number of rotatable bonds is 6. The van der Waals surface area contributed by atoms with Crippen molar-refractivity contribution in [2.45, 2.75) is 32.9 Å². The van der Waals surface area contributed by atoms with Gasteiger partial charge in [-0.15, -0.1) is 0 Å². The van der Waals surface area contributed by atoms with E-state index < -0.39 is 0 Å². The molecular formula is C22H26N2O. The molecule has 1 N–H and O–H groups in total. The zero-order valence-electron chi connectivity index (χ0n) is 14.9. The molecule has 0 atom stereocenters. The van der Waals surface area contributed by atoms with Gasteiger partial charge >= 0.3 is 0 Å². The van der Waals surface area contributed by atoms with Crippen LogP contribution in [0.4, 0.5) is 0 Å². The number of carbonyl (C=O) groups is 1. The molecule has 0 fully saturated rings. The highest BCUT2D eigenvalue weighted by atomic mass is 16.1. The maximum absolute atomic E-state index is 12.4. The standard InChI is InChI=1S/C22H26N2O/c1-2-18-8-10-19(11-9-18)16-23-22(25)21-12-14-24(15-13-21)17-20-6-4-3-5-7-20/h3-12H,2,13-17H2,1H3,(H,23,25). The topological polar surface area (TPSA) is 32.3 Å². The minimum absolute atomic E-state index is 0.0685. The molecule has 0 saturated carbocycles. The van der Waals surface area contributed by atoms with E-state index in [4.69, 9.17) is 0 Å². The van der Waals surface area contributed by atoms with Gasteiger partial charge in [-0.3, -0.25) is 9.69 Å². The average Bonchev–Trinajstić information content (AvgIpc) is 2.68. The summed E-state index contributed by atoms with van der Waals surface area (Å²) in [6.07, 6.45) is 3.93. The van der Waals surface area contributed by atoms with E-state index in [0.29, 0.717) is 6.54 Å². The maximum Gasteiger partial charge on any atom is 0.247 e. The Morgan fingerprint density at radius 2 is 1.72 bits per heavy atom. The minimum atomic E-state index is 0.0685. The van der Waals surface area contributed by atoms with Crippen molar-refractivity contribution in [2.24, 2.45) is 0 Å². The van der Waals surface area contributed by atoms with Gasteiger partial charge in [-0.25, -0.2) is 0 Å². The first-order chi connectivity index (χ1) is 12.2. The summed E-state index contributed by atoms with van der Waals surface area (Å²) in [4.78, 5) is 14.7. The van der Waals surface area contributed by atoms with Crippen LogP contribution in [0.1, 0.15) is 30.0 Å². The van der Waals surface area contributed by atoms with Gasteiger partial charge in [0.25, 0.3) is 0 Å². The number of hydrogen-bond donors (Lipinski definition) is 1. The highest BCUT2D eigenvalue weighted by Gasteiger charge is 2.16. The third-order valence-electron chi connectivity index (χ3n) is 4.72. The molecule has 0 aromatic heterocycles. The Hall–Kier alpha value is -2.39. The summed E-state index contributed by atoms with van der Waals surface area (Å²) in [5.74, 6) is 0.0685. The van der Waals surface area contributed by atoms with E-state index in [1.54, 1.807) is 0 Å². The molecule has 3 nitrogen and oxygen atoms in total. The molecule has 1 amide bonds. The predicted molar refractivity (Wildman–Crippen MR) is 102 cm³/mol. The van der Waals surface area contributed by atoms with E-state index >= 15 is 0 Å². The molecule has 0 saturated heterocycles. The lowest BCUT2D eigenvalue weighted by Crippen LogP contribution is -2.33. The van der Waals surface area contributed by atoms with Gasteiger partial charge in [0.2, 0.25) is 5.91 Å². The van der Waals surface area contributed by atoms with E-state index in [2.05, 4.69) is 71.7 Å². The molecule has 0 radical (unpaired) electrons. The Labute approximate surface area is 150 Å². The van der Waals surface area contributed by atoms with Gasteiger partial charge in [-0.1, -0.05) is 67.6 Å². The zero-order valence-corrected chi connectivity index (χ0v) is 14.9. The Balaban J connectivity index is 1.48. The lowest BCUT2D eigenvalue weighted by atomic mass is 10.1. The van der Waals surface area contributed by atoms with E-state index in [1.165, 1.54) is 11.1 Å². The van der Waals surface area contributed by atoms with Crippen LogP contribution in [-0.4, -0.2) is 23.9 Å². The summed E-state index contributed by atoms with van der Waals surface area (Å²) >= 11 is 0. The molecule has 130 valence electrons. The van der Waals surface area contributed by atoms with Crippen molar-refractivity contribution in [3.63, 3.8) is 0 Å². The Morgan fingerprint density at radius 3 is 2.36 bits per heavy atom. The number of nitrogens with one attached hydrogen (secondary N) is 1. The van der Waals surface area contributed by atoms with Crippen LogP contribution >= 0.6 is 0 Å². The summed E-state index contributed by atoms with van der Waals surface area (Å²) < 4.78 is 0. The molecule has 1 aliphatic rings. The third-order valence-corrected chi connectivity index (χ3v) is 4.72. The molecule has 0 spiro atoms. The normalized spacial score (nSPS) is 14.8. The molecule has 0 aliphatic carbocycles. The number of benzene rings is 2. The van der Waals surface area contributed by atoms with Crippen LogP contribution in [-0.2, 0) is 24.3 Å². The second-order valence-electron chi connectivity index (χ2n) is 6.55. The van der Waals surface area contributed by atoms with E-state index in [0.717, 1.165) is 43.6 Å². The zero-order chi connectivity index (χ0) is 17.5. The fraction of sp³-hybridized carbons (Fsp3) is 0.318. The number of amides is 1. The number of hydrogen-bond acceptors (Lipinski definition) is 2. The van der Waals surface area contributed by atoms with Crippen LogP contribution in [0.5, 0.6) is 0 Å². The van der Waals surface area contributed by atoms with Gasteiger partial charge in [-0.05, 0) is 29.5 Å². The first kappa shape index (κ1) is 17.4. The predicted octanol–water partition coefficient (Wildman–Crippen LogP) is 3.70. The van der Waals surface area contributed by atoms with Crippen molar-refractivity contribution in [3.05, 3.63) is 82.9 Å². The molecule has 2 aromatic rings. The smallest absolute Gasteiger partial charge is 0.247 e. The van der Waals surface area contributed by atoms with Gasteiger partial charge < -0.3 is 5.32 Å². The van der Waals surface area contributed by atoms with Crippen molar-refractivity contribution < 1.29 is 4.79 Å². The highest BCUT2D eigenvalue weighted by molar-refractivity contribution is 5.93. The van der Waals surface area contributed by atoms with Crippen molar-refractivity contribution in [1.82, 2.24) is 10.2 Å². The number of nitrogens with zero attached hydrogens (tertiary/aromatic N) is 1. The van der Waals surface area contributed by atoms with Gasteiger partial charge in [0.1, 0.15) is 0 Å². The monoisotopic (exact) mass is 334 g/mol. The van der Waals surface area contributed by atoms with Gasteiger partial charge in [-0.2, -0.15) is 0 Å². The fourth-order valence-corrected chi connectivity index (χ4v) is 3.09. The Kier molecular flexibility index (Phi) is 6.02. The van der Waals surface area contributed by atoms with Crippen LogP contribution in [0.3, 0.4) is 0 Å². The number of carbonyl (C=O) groups excluding carboxylic acids is 1. The molecule has 3 rings (SSSR count). The van der Waals surface area contributed by atoms with Crippen LogP contribution in [0.2, 0.25) is 0 Å². The second kappa shape index (κ2) is 8.63. The fourth-order valence-electron chi connectivity index (χ4n) is 3.09. The summed E-state index contributed by atoms with van der Waals surface area (Å²) in [6, 6.07) is 18.9. The van der Waals surface area contributed by atoms with Crippen LogP contribution in [0, 0.1) is 0 Å². The Bertz CT molecular complexity index is 719. The first-order valence-electron chi connectivity index (χ1n) is 9.06. The molecular weight excluding hydrogens is 308 g/mol. The van der Waals surface area contributed by atoms with E-state index in [1.807, 2.05) is 6.07 Å². The third kappa shape index (κ3) is 5.04. The summed E-state index contributed by atoms with van der Waals surface area (Å²) in [6.45, 7) is 5.44. The molecule has 0 unspecified atom stereocenters. The van der Waals surface area contributed by atoms with Gasteiger partial charge in [0.05, 0.1) is 0 Å². The van der Waals surface area contributed by atoms with Crippen LogP contribution in [0.15, 0.2) is 66.2 Å². The Morgan fingerprint density at radius 1 is 1.00 bits per heavy atom. The summed E-state index contributed by atoms with van der Waals surface area (Å²) in [5, 5.41) is 3.04. The second-order valence-corrected chi connectivity index (χ2v) is 6.55. The van der Waals surface area contributed by atoms with Gasteiger partial charge in [0.15, 0.2) is 0 Å². The average molecular weight is 334 g/mol. The largest absolute Gasteiger partial charge is 0.348 e. The highest BCUT2D eigenvalue weighted by Crippen LogP contribution is 2.14. The number of aryl methyl sites for hydroxylation is 1. The minimum Gasteiger partial charge on any atom is -0.348 e. The SMILES string of the molecule is CCc1ccc(CNC(=O)C2=CCN(Cc3ccccc3)CC2)cc1. The lowest BCUT2D eigenvalue weighted by Gasteiger charge is -2.26. The first-order valence-corrected chi connectivity index (χ1v) is 9.06. The van der Waals surface area contributed by atoms with E-state index in [9.17, 15) is 4.79 Å². The molecule has 1 heterocycles. The molecule has 25 heavy (non-hydrogen) atoms. The van der Waals surface area contributed by atoms with Crippen molar-refractivity contribution >= 4 is 5.91 Å². The molecule has 2 aromatic carbocycles. The van der Waals surface area contributed by atoms with E-state index in [-0.39, 0.29) is 5.91 Å². The molecule has 0 bridgehead atoms. The van der Waals surface area contributed by atoms with Crippen molar-refractivity contribution in [3.8, 4) is 0 Å². The molecule has 1 aliphatic heterocycles. The quantitative estimate of drug-likeness (QED) is 0.874.